The highest BCUT2D eigenvalue weighted by Crippen LogP contribution is 2.66. The van der Waals surface area contributed by atoms with Crippen LogP contribution in [0.4, 0.5) is 0 Å². The monoisotopic (exact) mass is 418 g/mol. The van der Waals surface area contributed by atoms with E-state index < -0.39 is 17.8 Å². The van der Waals surface area contributed by atoms with Gasteiger partial charge in [-0.15, -0.1) is 0 Å². The molecule has 2 N–H and O–H groups in total. The number of carbonyl (C=O) groups is 1. The minimum absolute atomic E-state index is 0.0646. The topological polar surface area (TPSA) is 76.0 Å². The summed E-state index contributed by atoms with van der Waals surface area (Å²) in [7, 11) is 0. The molecule has 3 fully saturated rings. The second-order valence-corrected chi connectivity index (χ2v) is 11.2. The highest BCUT2D eigenvalue weighted by atomic mass is 16.6. The van der Waals surface area contributed by atoms with Gasteiger partial charge in [0.1, 0.15) is 6.10 Å². The molecule has 168 valence electrons. The van der Waals surface area contributed by atoms with E-state index in [0.29, 0.717) is 12.3 Å². The third kappa shape index (κ3) is 3.57. The second kappa shape index (κ2) is 7.46. The average molecular weight is 419 g/mol. The smallest absolute Gasteiger partial charge is 0.331 e. The van der Waals surface area contributed by atoms with Crippen LogP contribution >= 0.6 is 0 Å². The second-order valence-electron chi connectivity index (χ2n) is 11.2. The predicted octanol–water partition coefficient (Wildman–Crippen LogP) is 3.93. The van der Waals surface area contributed by atoms with Gasteiger partial charge in [0.15, 0.2) is 6.10 Å². The van der Waals surface area contributed by atoms with Gasteiger partial charge in [-0.3, -0.25) is 0 Å². The Kier molecular flexibility index (Phi) is 5.48. The molecular weight excluding hydrogens is 380 g/mol. The Morgan fingerprint density at radius 3 is 2.73 bits per heavy atom. The highest BCUT2D eigenvalue weighted by Gasteiger charge is 2.65. The van der Waals surface area contributed by atoms with Crippen LogP contribution in [-0.2, 0) is 14.3 Å². The number of ether oxygens (including phenoxy) is 2. The fraction of sp³-hybridized carbons (Fsp3) is 0.800. The molecule has 0 bridgehead atoms. The minimum atomic E-state index is -0.833. The maximum absolute atomic E-state index is 11.5. The van der Waals surface area contributed by atoms with E-state index in [0.717, 1.165) is 37.0 Å². The molecule has 30 heavy (non-hydrogen) atoms. The summed E-state index contributed by atoms with van der Waals surface area (Å²) in [5, 5.41) is 22.0. The van der Waals surface area contributed by atoms with Crippen molar-refractivity contribution < 1.29 is 24.5 Å². The van der Waals surface area contributed by atoms with Gasteiger partial charge in [0, 0.05) is 12.5 Å². The van der Waals surface area contributed by atoms with E-state index in [1.165, 1.54) is 18.9 Å². The molecule has 5 heteroatoms. The summed E-state index contributed by atoms with van der Waals surface area (Å²) in [5.74, 6) is 0.311. The molecular formula is C25H38O5. The van der Waals surface area contributed by atoms with Gasteiger partial charge in [-0.1, -0.05) is 31.9 Å². The number of aliphatic hydroxyl groups is 2. The van der Waals surface area contributed by atoms with Gasteiger partial charge >= 0.3 is 5.97 Å². The zero-order valence-electron chi connectivity index (χ0n) is 19.1. The van der Waals surface area contributed by atoms with Crippen molar-refractivity contribution in [3.63, 3.8) is 0 Å². The van der Waals surface area contributed by atoms with Crippen LogP contribution in [0.5, 0.6) is 0 Å². The lowest BCUT2D eigenvalue weighted by Gasteiger charge is -2.60. The average Bonchev–Trinajstić information content (AvgIpc) is 3.13. The van der Waals surface area contributed by atoms with Crippen molar-refractivity contribution in [1.82, 2.24) is 0 Å². The number of esters is 1. The van der Waals surface area contributed by atoms with Gasteiger partial charge in [-0.2, -0.15) is 0 Å². The number of rotatable bonds is 5. The first-order chi connectivity index (χ1) is 14.0. The molecule has 5 nitrogen and oxygen atoms in total. The molecule has 8 atom stereocenters. The number of cyclic esters (lactones) is 1. The predicted molar refractivity (Wildman–Crippen MR) is 115 cm³/mol. The normalized spacial score (nSPS) is 47.0. The SMILES string of the molecule is CC1=CC(=O)O[C@@H]1[C@@H](O)/C=C(\C)CC[C@@H]1[C@@]2(C)CCC[C@@]3(C)CO[C@@H](C[C@@]1(C)O)[C@@H]32. The largest absolute Gasteiger partial charge is 0.452 e. The van der Waals surface area contributed by atoms with Crippen LogP contribution in [0.15, 0.2) is 23.3 Å². The van der Waals surface area contributed by atoms with Gasteiger partial charge < -0.3 is 19.7 Å². The van der Waals surface area contributed by atoms with Crippen molar-refractivity contribution in [2.75, 3.05) is 6.61 Å². The van der Waals surface area contributed by atoms with Gasteiger partial charge in [0.05, 0.1) is 18.3 Å². The lowest BCUT2D eigenvalue weighted by atomic mass is 9.45. The zero-order chi connectivity index (χ0) is 21.9. The van der Waals surface area contributed by atoms with Crippen molar-refractivity contribution in [3.8, 4) is 0 Å². The third-order valence-corrected chi connectivity index (χ3v) is 8.72. The molecule has 0 unspecified atom stereocenters. The van der Waals surface area contributed by atoms with Crippen molar-refractivity contribution in [1.29, 1.82) is 0 Å². The van der Waals surface area contributed by atoms with Crippen LogP contribution in [0.1, 0.15) is 73.1 Å². The van der Waals surface area contributed by atoms with E-state index in [1.807, 2.05) is 26.8 Å². The van der Waals surface area contributed by atoms with Gasteiger partial charge in [-0.25, -0.2) is 4.79 Å². The molecule has 4 aliphatic rings. The summed E-state index contributed by atoms with van der Waals surface area (Å²) in [6.07, 6.45) is 7.96. The molecule has 0 amide bonds. The quantitative estimate of drug-likeness (QED) is 0.523. The van der Waals surface area contributed by atoms with Crippen molar-refractivity contribution in [3.05, 3.63) is 23.3 Å². The third-order valence-electron chi connectivity index (χ3n) is 8.72. The summed E-state index contributed by atoms with van der Waals surface area (Å²) in [6.45, 7) is 11.4. The summed E-state index contributed by atoms with van der Waals surface area (Å²) >= 11 is 0. The van der Waals surface area contributed by atoms with Crippen LogP contribution in [0, 0.1) is 22.7 Å². The lowest BCUT2D eigenvalue weighted by Crippen LogP contribution is -2.60. The Hall–Kier alpha value is -1.17. The Morgan fingerprint density at radius 1 is 1.33 bits per heavy atom. The van der Waals surface area contributed by atoms with E-state index in [2.05, 4.69) is 13.8 Å². The number of hydrogen-bond acceptors (Lipinski definition) is 5. The molecule has 4 rings (SSSR count). The molecule has 0 aromatic carbocycles. The molecule has 0 aromatic heterocycles. The maximum atomic E-state index is 11.5. The van der Waals surface area contributed by atoms with Crippen LogP contribution < -0.4 is 0 Å². The van der Waals surface area contributed by atoms with Crippen molar-refractivity contribution in [2.24, 2.45) is 22.7 Å². The van der Waals surface area contributed by atoms with Crippen LogP contribution in [-0.4, -0.2) is 46.7 Å². The van der Waals surface area contributed by atoms with Gasteiger partial charge in [0.2, 0.25) is 0 Å². The molecule has 2 aliphatic heterocycles. The molecule has 2 aliphatic carbocycles. The van der Waals surface area contributed by atoms with Crippen LogP contribution in [0.2, 0.25) is 0 Å². The van der Waals surface area contributed by atoms with Crippen LogP contribution in [0.25, 0.3) is 0 Å². The minimum Gasteiger partial charge on any atom is -0.452 e. The van der Waals surface area contributed by atoms with Crippen LogP contribution in [0.3, 0.4) is 0 Å². The first-order valence-corrected chi connectivity index (χ1v) is 11.5. The Balaban J connectivity index is 1.49. The van der Waals surface area contributed by atoms with E-state index in [1.54, 1.807) is 0 Å². The van der Waals surface area contributed by atoms with E-state index in [9.17, 15) is 15.0 Å². The van der Waals surface area contributed by atoms with Gasteiger partial charge in [-0.05, 0) is 74.7 Å². The zero-order valence-corrected chi connectivity index (χ0v) is 19.1. The molecule has 0 spiro atoms. The lowest BCUT2D eigenvalue weighted by molar-refractivity contribution is -0.181. The van der Waals surface area contributed by atoms with Gasteiger partial charge in [0.25, 0.3) is 0 Å². The summed E-state index contributed by atoms with van der Waals surface area (Å²) < 4.78 is 11.4. The molecule has 2 heterocycles. The summed E-state index contributed by atoms with van der Waals surface area (Å²) in [5.41, 5.74) is 1.37. The standard InChI is InChI=1S/C25H38O5/c1-15(11-17(26)21-16(2)12-20(27)30-21)7-8-19-24(4)10-6-9-23(3)14-29-18(22(23)24)13-25(19,5)28/h11-12,17-19,21-22,26,28H,6-10,13-14H2,1-5H3/b15-11+/t17-,18-,19+,21-,22-,23-,24+,25+/m0/s1. The maximum Gasteiger partial charge on any atom is 0.331 e. The number of carbonyl (C=O) groups excluding carboxylic acids is 1. The van der Waals surface area contributed by atoms with E-state index >= 15 is 0 Å². The Morgan fingerprint density at radius 2 is 2.07 bits per heavy atom. The summed E-state index contributed by atoms with van der Waals surface area (Å²) in [6, 6.07) is 0. The summed E-state index contributed by atoms with van der Waals surface area (Å²) in [4.78, 5) is 11.4. The Bertz CT molecular complexity index is 768. The van der Waals surface area contributed by atoms with Crippen molar-refractivity contribution in [2.45, 2.75) is 97.1 Å². The molecule has 0 radical (unpaired) electrons. The fourth-order valence-electron chi connectivity index (χ4n) is 7.57. The first-order valence-electron chi connectivity index (χ1n) is 11.5. The number of hydrogen-bond donors (Lipinski definition) is 2. The molecule has 1 saturated heterocycles. The van der Waals surface area contributed by atoms with Crippen molar-refractivity contribution >= 4 is 5.97 Å². The molecule has 0 aromatic rings. The molecule has 2 saturated carbocycles. The van der Waals surface area contributed by atoms with E-state index in [-0.39, 0.29) is 28.8 Å². The van der Waals surface area contributed by atoms with E-state index in [4.69, 9.17) is 9.47 Å². The fourth-order valence-corrected chi connectivity index (χ4v) is 7.57. The number of aliphatic hydroxyl groups excluding tert-OH is 1. The Labute approximate surface area is 180 Å². The highest BCUT2D eigenvalue weighted by molar-refractivity contribution is 5.85. The first kappa shape index (κ1) is 22.0. The number of allylic oxidation sites excluding steroid dienone is 1.